The quantitative estimate of drug-likeness (QED) is 0.707. The summed E-state index contributed by atoms with van der Waals surface area (Å²) in [7, 11) is 0. The van der Waals surface area contributed by atoms with E-state index in [2.05, 4.69) is 15.0 Å². The van der Waals surface area contributed by atoms with Crippen LogP contribution in [0.4, 0.5) is 4.39 Å². The number of likely N-dealkylation sites (tertiary alicyclic amines) is 1. The minimum atomic E-state index is -0.267. The number of rotatable bonds is 4. The van der Waals surface area contributed by atoms with Crippen LogP contribution in [0.15, 0.2) is 47.1 Å². The number of aromatic nitrogens is 3. The van der Waals surface area contributed by atoms with Crippen molar-refractivity contribution in [2.24, 2.45) is 0 Å². The first-order valence-electron chi connectivity index (χ1n) is 8.90. The van der Waals surface area contributed by atoms with Crippen LogP contribution in [0.1, 0.15) is 52.4 Å². The second kappa shape index (κ2) is 7.26. The van der Waals surface area contributed by atoms with Crippen molar-refractivity contribution < 1.29 is 13.6 Å². The summed E-state index contributed by atoms with van der Waals surface area (Å²) in [4.78, 5) is 27.3. The maximum atomic E-state index is 13.0. The molecule has 1 aliphatic rings. The van der Waals surface area contributed by atoms with Crippen molar-refractivity contribution in [1.29, 1.82) is 0 Å². The summed E-state index contributed by atoms with van der Waals surface area (Å²) in [5.74, 6) is 1.38. The van der Waals surface area contributed by atoms with Crippen LogP contribution < -0.4 is 0 Å². The standard InChI is InChI=1S/C20H19FN4O2/c1-13-22-9-8-17(24-13)20(26)25-10-2-3-18(25)19-23-12-16(27-19)11-14-4-6-15(21)7-5-14/h4-9,12,18H,2-3,10-11H2,1H3/t18-/m0/s1. The van der Waals surface area contributed by atoms with E-state index in [1.165, 1.54) is 12.1 Å². The number of carbonyl (C=O) groups excluding carboxylic acids is 1. The number of halogens is 1. The lowest BCUT2D eigenvalue weighted by molar-refractivity contribution is 0.0708. The number of amides is 1. The third-order valence-corrected chi connectivity index (χ3v) is 4.66. The molecule has 4 rings (SSSR count). The van der Waals surface area contributed by atoms with Gasteiger partial charge >= 0.3 is 0 Å². The molecule has 0 N–H and O–H groups in total. The highest BCUT2D eigenvalue weighted by atomic mass is 19.1. The van der Waals surface area contributed by atoms with Gasteiger partial charge in [0.05, 0.1) is 6.20 Å². The van der Waals surface area contributed by atoms with E-state index >= 15 is 0 Å². The minimum Gasteiger partial charge on any atom is -0.443 e. The molecule has 7 heteroatoms. The minimum absolute atomic E-state index is 0.138. The van der Waals surface area contributed by atoms with Crippen molar-refractivity contribution in [3.05, 3.63) is 77.3 Å². The zero-order chi connectivity index (χ0) is 18.8. The van der Waals surface area contributed by atoms with Gasteiger partial charge in [0.2, 0.25) is 5.89 Å². The SMILES string of the molecule is Cc1nccc(C(=O)N2CCC[C@H]2c2ncc(Cc3ccc(F)cc3)o2)n1. The smallest absolute Gasteiger partial charge is 0.273 e. The molecule has 0 bridgehead atoms. The van der Waals surface area contributed by atoms with Gasteiger partial charge in [0.25, 0.3) is 5.91 Å². The highest BCUT2D eigenvalue weighted by Gasteiger charge is 2.34. The lowest BCUT2D eigenvalue weighted by atomic mass is 10.1. The van der Waals surface area contributed by atoms with Crippen molar-refractivity contribution in [3.8, 4) is 0 Å². The van der Waals surface area contributed by atoms with Crippen LogP contribution in [-0.4, -0.2) is 32.3 Å². The van der Waals surface area contributed by atoms with E-state index in [1.807, 2.05) is 0 Å². The van der Waals surface area contributed by atoms with Gasteiger partial charge in [0.15, 0.2) is 0 Å². The van der Waals surface area contributed by atoms with Crippen LogP contribution in [0.2, 0.25) is 0 Å². The molecule has 0 radical (unpaired) electrons. The average molecular weight is 366 g/mol. The molecule has 1 aliphatic heterocycles. The van der Waals surface area contributed by atoms with Crippen molar-refractivity contribution in [2.45, 2.75) is 32.2 Å². The molecule has 0 saturated carbocycles. The molecule has 1 atom stereocenters. The van der Waals surface area contributed by atoms with Gasteiger partial charge in [-0.25, -0.2) is 19.3 Å². The van der Waals surface area contributed by atoms with Crippen LogP contribution in [0.25, 0.3) is 0 Å². The predicted octanol–water partition coefficient (Wildman–Crippen LogP) is 3.48. The first kappa shape index (κ1) is 17.3. The summed E-state index contributed by atoms with van der Waals surface area (Å²) in [6, 6.07) is 7.72. The van der Waals surface area contributed by atoms with Crippen LogP contribution in [0, 0.1) is 12.7 Å². The normalized spacial score (nSPS) is 16.7. The molecule has 1 aromatic carbocycles. The molecule has 3 aromatic rings. The number of hydrogen-bond acceptors (Lipinski definition) is 5. The molecule has 0 aliphatic carbocycles. The van der Waals surface area contributed by atoms with Gasteiger partial charge < -0.3 is 9.32 Å². The second-order valence-electron chi connectivity index (χ2n) is 6.61. The Hall–Kier alpha value is -3.09. The third kappa shape index (κ3) is 3.72. The van der Waals surface area contributed by atoms with Gasteiger partial charge in [-0.05, 0) is 43.5 Å². The van der Waals surface area contributed by atoms with Crippen molar-refractivity contribution >= 4 is 5.91 Å². The molecular formula is C20H19FN4O2. The Morgan fingerprint density at radius 2 is 2.07 bits per heavy atom. The van der Waals surface area contributed by atoms with E-state index in [1.54, 1.807) is 42.4 Å². The predicted molar refractivity (Wildman–Crippen MR) is 95.5 cm³/mol. The molecular weight excluding hydrogens is 347 g/mol. The Morgan fingerprint density at radius 1 is 1.26 bits per heavy atom. The number of benzene rings is 1. The maximum Gasteiger partial charge on any atom is 0.273 e. The fraction of sp³-hybridized carbons (Fsp3) is 0.300. The Labute approximate surface area is 156 Å². The topological polar surface area (TPSA) is 72.1 Å². The monoisotopic (exact) mass is 366 g/mol. The van der Waals surface area contributed by atoms with E-state index in [0.29, 0.717) is 36.1 Å². The Kier molecular flexibility index (Phi) is 4.66. The van der Waals surface area contributed by atoms with Crippen LogP contribution in [0.5, 0.6) is 0 Å². The Balaban J connectivity index is 1.51. The van der Waals surface area contributed by atoms with Gasteiger partial charge in [0, 0.05) is 19.2 Å². The molecule has 0 unspecified atom stereocenters. The first-order valence-corrected chi connectivity index (χ1v) is 8.90. The molecule has 1 saturated heterocycles. The summed E-state index contributed by atoms with van der Waals surface area (Å²) in [6.45, 7) is 2.40. The summed E-state index contributed by atoms with van der Waals surface area (Å²) in [6.07, 6.45) is 5.47. The van der Waals surface area contributed by atoms with Crippen molar-refractivity contribution in [2.75, 3.05) is 6.54 Å². The van der Waals surface area contributed by atoms with Crippen LogP contribution in [0.3, 0.4) is 0 Å². The lowest BCUT2D eigenvalue weighted by Crippen LogP contribution is -2.31. The van der Waals surface area contributed by atoms with Gasteiger partial charge in [-0.3, -0.25) is 4.79 Å². The zero-order valence-electron chi connectivity index (χ0n) is 14.9. The Morgan fingerprint density at radius 3 is 2.85 bits per heavy atom. The fourth-order valence-corrected chi connectivity index (χ4v) is 3.35. The molecule has 3 heterocycles. The van der Waals surface area contributed by atoms with Gasteiger partial charge in [-0.1, -0.05) is 12.1 Å². The summed E-state index contributed by atoms with van der Waals surface area (Å²) in [5, 5.41) is 0. The fourth-order valence-electron chi connectivity index (χ4n) is 3.35. The van der Waals surface area contributed by atoms with E-state index in [9.17, 15) is 9.18 Å². The van der Waals surface area contributed by atoms with E-state index in [4.69, 9.17) is 4.42 Å². The number of oxazole rings is 1. The average Bonchev–Trinajstić information content (AvgIpc) is 3.32. The third-order valence-electron chi connectivity index (χ3n) is 4.66. The van der Waals surface area contributed by atoms with E-state index < -0.39 is 0 Å². The molecule has 1 fully saturated rings. The van der Waals surface area contributed by atoms with Crippen molar-refractivity contribution in [1.82, 2.24) is 19.9 Å². The maximum absolute atomic E-state index is 13.0. The summed E-state index contributed by atoms with van der Waals surface area (Å²) < 4.78 is 18.9. The number of nitrogens with zero attached hydrogens (tertiary/aromatic N) is 4. The number of aryl methyl sites for hydroxylation is 1. The van der Waals surface area contributed by atoms with Crippen LogP contribution in [-0.2, 0) is 6.42 Å². The van der Waals surface area contributed by atoms with Gasteiger partial charge in [0.1, 0.15) is 29.1 Å². The number of hydrogen-bond donors (Lipinski definition) is 0. The highest BCUT2D eigenvalue weighted by molar-refractivity contribution is 5.92. The highest BCUT2D eigenvalue weighted by Crippen LogP contribution is 2.32. The largest absolute Gasteiger partial charge is 0.443 e. The van der Waals surface area contributed by atoms with Gasteiger partial charge in [-0.2, -0.15) is 0 Å². The molecule has 138 valence electrons. The molecule has 6 nitrogen and oxygen atoms in total. The summed E-state index contributed by atoms with van der Waals surface area (Å²) in [5.41, 5.74) is 1.32. The second-order valence-corrected chi connectivity index (χ2v) is 6.61. The van der Waals surface area contributed by atoms with Crippen molar-refractivity contribution in [3.63, 3.8) is 0 Å². The molecule has 1 amide bonds. The van der Waals surface area contributed by atoms with E-state index in [-0.39, 0.29) is 17.8 Å². The van der Waals surface area contributed by atoms with Gasteiger partial charge in [-0.15, -0.1) is 0 Å². The first-order chi connectivity index (χ1) is 13.1. The lowest BCUT2D eigenvalue weighted by Gasteiger charge is -2.21. The van der Waals surface area contributed by atoms with E-state index in [0.717, 1.165) is 18.4 Å². The number of carbonyl (C=O) groups is 1. The molecule has 2 aromatic heterocycles. The Bertz CT molecular complexity index is 955. The zero-order valence-corrected chi connectivity index (χ0v) is 14.9. The van der Waals surface area contributed by atoms with Crippen LogP contribution >= 0.6 is 0 Å². The molecule has 27 heavy (non-hydrogen) atoms. The summed E-state index contributed by atoms with van der Waals surface area (Å²) >= 11 is 0. The molecule has 0 spiro atoms.